The van der Waals surface area contributed by atoms with Gasteiger partial charge in [-0.05, 0) is 76.3 Å². The number of carbonyl (C=O) groups is 1. The lowest BCUT2D eigenvalue weighted by atomic mass is 9.99. The van der Waals surface area contributed by atoms with Crippen molar-refractivity contribution >= 4 is 27.3 Å². The van der Waals surface area contributed by atoms with E-state index in [1.165, 1.54) is 6.07 Å². The number of aryl methyl sites for hydroxylation is 1. The maximum atomic E-state index is 13.3. The van der Waals surface area contributed by atoms with Gasteiger partial charge in [0.1, 0.15) is 10.6 Å². The first-order chi connectivity index (χ1) is 15.1. The van der Waals surface area contributed by atoms with Crippen LogP contribution < -0.4 is 9.62 Å². The van der Waals surface area contributed by atoms with Gasteiger partial charge in [-0.15, -0.1) is 0 Å². The number of piperidine rings is 1. The van der Waals surface area contributed by atoms with Crippen molar-refractivity contribution in [3.05, 3.63) is 41.2 Å². The molecule has 1 saturated heterocycles. The average molecular weight is 461 g/mol. The Bertz CT molecular complexity index is 1080. The van der Waals surface area contributed by atoms with Crippen molar-refractivity contribution < 1.29 is 13.2 Å². The predicted molar refractivity (Wildman–Crippen MR) is 130 cm³/mol. The van der Waals surface area contributed by atoms with Crippen LogP contribution in [0.15, 0.2) is 29.2 Å². The molecular weight excluding hydrogens is 424 g/mol. The number of benzene rings is 1. The normalized spacial score (nSPS) is 15.1. The van der Waals surface area contributed by atoms with Gasteiger partial charge in [0.05, 0.1) is 5.69 Å². The summed E-state index contributed by atoms with van der Waals surface area (Å²) in [5.41, 5.74) is 3.41. The molecule has 1 amide bonds. The van der Waals surface area contributed by atoms with Crippen LogP contribution >= 0.6 is 0 Å². The summed E-state index contributed by atoms with van der Waals surface area (Å²) in [5, 5.41) is 0. The summed E-state index contributed by atoms with van der Waals surface area (Å²) >= 11 is 0. The molecule has 0 radical (unpaired) electrons. The number of nitrogens with zero attached hydrogens (tertiary/aromatic N) is 3. The molecule has 1 aliphatic heterocycles. The van der Waals surface area contributed by atoms with Crippen LogP contribution in [0.5, 0.6) is 0 Å². The van der Waals surface area contributed by atoms with Crippen molar-refractivity contribution in [1.29, 1.82) is 0 Å². The van der Waals surface area contributed by atoms with E-state index in [2.05, 4.69) is 30.4 Å². The third kappa shape index (κ3) is 4.80. The van der Waals surface area contributed by atoms with Crippen molar-refractivity contribution in [1.82, 2.24) is 9.47 Å². The quantitative estimate of drug-likeness (QED) is 0.673. The highest BCUT2D eigenvalue weighted by atomic mass is 32.2. The van der Waals surface area contributed by atoms with E-state index in [9.17, 15) is 13.2 Å². The van der Waals surface area contributed by atoms with Crippen molar-refractivity contribution in [2.75, 3.05) is 35.8 Å². The number of aromatic nitrogens is 1. The molecule has 176 valence electrons. The van der Waals surface area contributed by atoms with Crippen LogP contribution in [0.1, 0.15) is 55.4 Å². The van der Waals surface area contributed by atoms with Crippen LogP contribution in [0.3, 0.4) is 0 Å². The molecule has 0 spiro atoms. The topological polar surface area (TPSA) is 74.7 Å². The molecule has 7 nitrogen and oxygen atoms in total. The molecule has 1 aliphatic rings. The number of hydrogen-bond donors (Lipinski definition) is 1. The van der Waals surface area contributed by atoms with Crippen LogP contribution in [0.4, 0.5) is 11.4 Å². The molecule has 1 aromatic heterocycles. The van der Waals surface area contributed by atoms with E-state index in [1.807, 2.05) is 24.0 Å². The zero-order valence-corrected chi connectivity index (χ0v) is 20.9. The SMILES string of the molecule is CCN(CC)c1ccc(NS(=O)(=O)c2cc(C(=O)N3CCC(C)CC3)n(C)c2C)c(C)c1. The van der Waals surface area contributed by atoms with E-state index < -0.39 is 10.0 Å². The molecule has 2 aromatic rings. The van der Waals surface area contributed by atoms with Gasteiger partial charge in [0, 0.05) is 44.6 Å². The summed E-state index contributed by atoms with van der Waals surface area (Å²) in [6, 6.07) is 7.24. The number of nitrogens with one attached hydrogen (secondary N) is 1. The van der Waals surface area contributed by atoms with Crippen molar-refractivity contribution in [2.45, 2.75) is 52.4 Å². The second-order valence-electron chi connectivity index (χ2n) is 8.79. The smallest absolute Gasteiger partial charge is 0.270 e. The van der Waals surface area contributed by atoms with Gasteiger partial charge in [0.25, 0.3) is 15.9 Å². The summed E-state index contributed by atoms with van der Waals surface area (Å²) < 4.78 is 30.9. The summed E-state index contributed by atoms with van der Waals surface area (Å²) in [5.74, 6) is 0.509. The average Bonchev–Trinajstić information content (AvgIpc) is 3.06. The molecular formula is C24H36N4O3S. The number of hydrogen-bond acceptors (Lipinski definition) is 4. The fourth-order valence-corrected chi connectivity index (χ4v) is 5.69. The van der Waals surface area contributed by atoms with Gasteiger partial charge in [0.15, 0.2) is 0 Å². The highest BCUT2D eigenvalue weighted by Crippen LogP contribution is 2.28. The maximum absolute atomic E-state index is 13.3. The Balaban J connectivity index is 1.86. The van der Waals surface area contributed by atoms with Crippen molar-refractivity contribution in [2.24, 2.45) is 13.0 Å². The van der Waals surface area contributed by atoms with E-state index in [-0.39, 0.29) is 10.8 Å². The fraction of sp³-hybridized carbons (Fsp3) is 0.542. The summed E-state index contributed by atoms with van der Waals surface area (Å²) in [6.07, 6.45) is 1.95. The monoisotopic (exact) mass is 460 g/mol. The molecule has 1 fully saturated rings. The Morgan fingerprint density at radius 2 is 1.75 bits per heavy atom. The molecule has 0 aliphatic carbocycles. The van der Waals surface area contributed by atoms with Gasteiger partial charge < -0.3 is 14.4 Å². The van der Waals surface area contributed by atoms with E-state index in [0.29, 0.717) is 36.1 Å². The van der Waals surface area contributed by atoms with E-state index in [1.54, 1.807) is 24.6 Å². The van der Waals surface area contributed by atoms with Gasteiger partial charge in [-0.1, -0.05) is 6.92 Å². The lowest BCUT2D eigenvalue weighted by Gasteiger charge is -2.30. The Kier molecular flexibility index (Phi) is 7.22. The van der Waals surface area contributed by atoms with Crippen LogP contribution in [-0.2, 0) is 17.1 Å². The van der Waals surface area contributed by atoms with Gasteiger partial charge >= 0.3 is 0 Å². The molecule has 32 heavy (non-hydrogen) atoms. The molecule has 0 unspecified atom stereocenters. The number of rotatable bonds is 7. The molecule has 8 heteroatoms. The highest BCUT2D eigenvalue weighted by Gasteiger charge is 2.28. The van der Waals surface area contributed by atoms with Crippen LogP contribution in [-0.4, -0.2) is 50.0 Å². The van der Waals surface area contributed by atoms with Crippen LogP contribution in [0.2, 0.25) is 0 Å². The first kappa shape index (κ1) is 24.2. The second kappa shape index (κ2) is 9.57. The molecule has 2 heterocycles. The minimum absolute atomic E-state index is 0.108. The van der Waals surface area contributed by atoms with Gasteiger partial charge in [-0.2, -0.15) is 0 Å². The standard InChI is InChI=1S/C24H36N4O3S/c1-7-27(8-2)20-9-10-21(18(4)15-20)25-32(30,31)23-16-22(26(6)19(23)5)24(29)28-13-11-17(3)12-14-28/h9-10,15-17,25H,7-8,11-14H2,1-6H3. The van der Waals surface area contributed by atoms with Gasteiger partial charge in [-0.25, -0.2) is 8.42 Å². The zero-order valence-electron chi connectivity index (χ0n) is 20.1. The number of sulfonamides is 1. The second-order valence-corrected chi connectivity index (χ2v) is 10.4. The van der Waals surface area contributed by atoms with Gasteiger partial charge in [-0.3, -0.25) is 9.52 Å². The summed E-state index contributed by atoms with van der Waals surface area (Å²) in [4.78, 5) is 17.3. The summed E-state index contributed by atoms with van der Waals surface area (Å²) in [7, 11) is -2.09. The number of amides is 1. The number of likely N-dealkylation sites (tertiary alicyclic amines) is 1. The molecule has 0 bridgehead atoms. The lowest BCUT2D eigenvalue weighted by molar-refractivity contribution is 0.0687. The molecule has 1 aromatic carbocycles. The van der Waals surface area contributed by atoms with E-state index >= 15 is 0 Å². The third-order valence-electron chi connectivity index (χ3n) is 6.65. The predicted octanol–water partition coefficient (Wildman–Crippen LogP) is 4.16. The fourth-order valence-electron chi connectivity index (χ4n) is 4.27. The Hall–Kier alpha value is -2.48. The van der Waals surface area contributed by atoms with E-state index in [0.717, 1.165) is 37.2 Å². The Labute approximate surface area is 192 Å². The molecule has 0 saturated carbocycles. The van der Waals surface area contributed by atoms with E-state index in [4.69, 9.17) is 0 Å². The number of anilines is 2. The van der Waals surface area contributed by atoms with Gasteiger partial charge in [0.2, 0.25) is 0 Å². The van der Waals surface area contributed by atoms with Crippen molar-refractivity contribution in [3.63, 3.8) is 0 Å². The first-order valence-electron chi connectivity index (χ1n) is 11.4. The Morgan fingerprint density at radius 3 is 2.31 bits per heavy atom. The maximum Gasteiger partial charge on any atom is 0.270 e. The number of carbonyl (C=O) groups excluding carboxylic acids is 1. The van der Waals surface area contributed by atoms with Crippen LogP contribution in [0.25, 0.3) is 0 Å². The molecule has 0 atom stereocenters. The third-order valence-corrected chi connectivity index (χ3v) is 8.13. The highest BCUT2D eigenvalue weighted by molar-refractivity contribution is 7.92. The molecule has 1 N–H and O–H groups in total. The minimum Gasteiger partial charge on any atom is -0.372 e. The zero-order chi connectivity index (χ0) is 23.6. The van der Waals surface area contributed by atoms with Crippen molar-refractivity contribution in [3.8, 4) is 0 Å². The first-order valence-corrected chi connectivity index (χ1v) is 12.9. The largest absolute Gasteiger partial charge is 0.372 e. The lowest BCUT2D eigenvalue weighted by Crippen LogP contribution is -2.38. The Morgan fingerprint density at radius 1 is 1.12 bits per heavy atom. The van der Waals surface area contributed by atoms with Crippen LogP contribution in [0, 0.1) is 19.8 Å². The summed E-state index contributed by atoms with van der Waals surface area (Å²) in [6.45, 7) is 13.2. The minimum atomic E-state index is -3.84. The molecule has 3 rings (SSSR count).